The number of benzene rings is 2. The predicted octanol–water partition coefficient (Wildman–Crippen LogP) is 2.99. The topological polar surface area (TPSA) is 138 Å². The van der Waals surface area contributed by atoms with Crippen LogP contribution in [-0.4, -0.2) is 43.5 Å². The summed E-state index contributed by atoms with van der Waals surface area (Å²) in [4.78, 5) is 11.3. The highest BCUT2D eigenvalue weighted by atomic mass is 32.2. The molecule has 188 valence electrons. The Labute approximate surface area is 205 Å². The summed E-state index contributed by atoms with van der Waals surface area (Å²) in [7, 11) is -1.16. The molecule has 0 saturated carbocycles. The SMILES string of the molecule is C=C(F)C(=O)NCc1cnn(Cc2cc3onc(NS(=O)(=O)c4ccccc4OC)c3cc2OC)c1. The smallest absolute Gasteiger partial charge is 0.279 e. The monoisotopic (exact) mass is 515 g/mol. The van der Waals surface area contributed by atoms with E-state index in [2.05, 4.69) is 26.9 Å². The Morgan fingerprint density at radius 2 is 1.94 bits per heavy atom. The van der Waals surface area contributed by atoms with E-state index in [0.717, 1.165) is 0 Å². The third kappa shape index (κ3) is 5.15. The first-order valence-corrected chi connectivity index (χ1v) is 12.0. The molecule has 0 aliphatic heterocycles. The summed E-state index contributed by atoms with van der Waals surface area (Å²) in [5, 5.41) is 10.9. The van der Waals surface area contributed by atoms with E-state index in [0.29, 0.717) is 27.8 Å². The van der Waals surface area contributed by atoms with Crippen LogP contribution in [0.2, 0.25) is 0 Å². The van der Waals surface area contributed by atoms with Gasteiger partial charge in [0.25, 0.3) is 15.9 Å². The second-order valence-corrected chi connectivity index (χ2v) is 9.23. The number of hydrogen-bond donors (Lipinski definition) is 2. The lowest BCUT2D eigenvalue weighted by Crippen LogP contribution is -2.22. The van der Waals surface area contributed by atoms with Crippen LogP contribution in [-0.2, 0) is 27.9 Å². The largest absolute Gasteiger partial charge is 0.496 e. The van der Waals surface area contributed by atoms with Crippen molar-refractivity contribution in [2.75, 3.05) is 18.9 Å². The molecule has 0 aliphatic rings. The first-order valence-electron chi connectivity index (χ1n) is 10.5. The fraction of sp³-hybridized carbons (Fsp3) is 0.174. The number of ether oxygens (including phenoxy) is 2. The Balaban J connectivity index is 1.57. The van der Waals surface area contributed by atoms with Gasteiger partial charge in [0.05, 0.1) is 32.3 Å². The van der Waals surface area contributed by atoms with Crippen molar-refractivity contribution in [3.63, 3.8) is 0 Å². The van der Waals surface area contributed by atoms with Crippen LogP contribution in [0.15, 0.2) is 70.6 Å². The molecule has 4 rings (SSSR count). The number of nitrogens with one attached hydrogen (secondary N) is 2. The van der Waals surface area contributed by atoms with Gasteiger partial charge in [0.2, 0.25) is 0 Å². The first-order chi connectivity index (χ1) is 17.2. The van der Waals surface area contributed by atoms with Crippen molar-refractivity contribution in [2.24, 2.45) is 0 Å². The van der Waals surface area contributed by atoms with Crippen LogP contribution in [0.4, 0.5) is 10.2 Å². The standard InChI is InChI=1S/C23H22FN5O6S/c1-14(24)23(30)25-10-15-11-26-29(12-15)13-16-8-20-17(9-19(16)34-3)22(27-35-20)28-36(31,32)21-7-5-4-6-18(21)33-2/h4-9,11-12H,1,10,13H2,2-3H3,(H,25,30)(H,27,28). The van der Waals surface area contributed by atoms with E-state index >= 15 is 0 Å². The molecule has 0 aliphatic carbocycles. The summed E-state index contributed by atoms with van der Waals surface area (Å²) in [6.45, 7) is 3.29. The van der Waals surface area contributed by atoms with Crippen molar-refractivity contribution in [3.05, 3.63) is 72.3 Å². The summed E-state index contributed by atoms with van der Waals surface area (Å²) < 4.78 is 58.8. The molecule has 0 bridgehead atoms. The molecule has 0 atom stereocenters. The van der Waals surface area contributed by atoms with Gasteiger partial charge in [0.1, 0.15) is 16.4 Å². The molecular weight excluding hydrogens is 493 g/mol. The van der Waals surface area contributed by atoms with Crippen LogP contribution in [0.3, 0.4) is 0 Å². The van der Waals surface area contributed by atoms with Crippen molar-refractivity contribution >= 4 is 32.7 Å². The third-order valence-electron chi connectivity index (χ3n) is 5.18. The number of aromatic nitrogens is 3. The summed E-state index contributed by atoms with van der Waals surface area (Å²) in [6, 6.07) is 9.48. The van der Waals surface area contributed by atoms with Crippen LogP contribution in [0.25, 0.3) is 11.0 Å². The van der Waals surface area contributed by atoms with Crippen LogP contribution < -0.4 is 19.5 Å². The second-order valence-electron chi connectivity index (χ2n) is 7.58. The number of sulfonamides is 1. The Kier molecular flexibility index (Phi) is 6.92. The first kappa shape index (κ1) is 24.7. The number of anilines is 1. The number of hydrogen-bond acceptors (Lipinski definition) is 8. The van der Waals surface area contributed by atoms with Gasteiger partial charge in [-0.05, 0) is 24.3 Å². The third-order valence-corrected chi connectivity index (χ3v) is 6.56. The zero-order valence-corrected chi connectivity index (χ0v) is 20.1. The average Bonchev–Trinajstić information content (AvgIpc) is 3.47. The van der Waals surface area contributed by atoms with Crippen molar-refractivity contribution in [2.45, 2.75) is 18.0 Å². The Hall–Kier alpha value is -4.39. The van der Waals surface area contributed by atoms with Crippen LogP contribution in [0, 0.1) is 0 Å². The number of carbonyl (C=O) groups excluding carboxylic acids is 1. The van der Waals surface area contributed by atoms with E-state index in [-0.39, 0.29) is 29.6 Å². The molecule has 2 aromatic heterocycles. The molecule has 1 amide bonds. The normalized spacial score (nSPS) is 11.3. The van der Waals surface area contributed by atoms with Gasteiger partial charge >= 0.3 is 0 Å². The number of methoxy groups -OCH3 is 2. The highest BCUT2D eigenvalue weighted by molar-refractivity contribution is 7.92. The Morgan fingerprint density at radius 3 is 2.67 bits per heavy atom. The zero-order valence-electron chi connectivity index (χ0n) is 19.3. The van der Waals surface area contributed by atoms with Gasteiger partial charge in [-0.2, -0.15) is 5.10 Å². The number of para-hydroxylation sites is 1. The maximum absolute atomic E-state index is 13.0. The number of carbonyl (C=O) groups is 1. The summed E-state index contributed by atoms with van der Waals surface area (Å²) in [5.74, 6) is -1.34. The van der Waals surface area contributed by atoms with Gasteiger partial charge < -0.3 is 19.3 Å². The molecule has 0 radical (unpaired) electrons. The number of halogens is 1. The fourth-order valence-electron chi connectivity index (χ4n) is 3.45. The molecule has 11 nitrogen and oxygen atoms in total. The van der Waals surface area contributed by atoms with Crippen LogP contribution in [0.1, 0.15) is 11.1 Å². The van der Waals surface area contributed by atoms with Gasteiger partial charge in [-0.1, -0.05) is 23.9 Å². The molecule has 13 heteroatoms. The van der Waals surface area contributed by atoms with Crippen molar-refractivity contribution in [3.8, 4) is 11.5 Å². The fourth-order valence-corrected chi connectivity index (χ4v) is 4.64. The van der Waals surface area contributed by atoms with Gasteiger partial charge in [0, 0.05) is 23.9 Å². The highest BCUT2D eigenvalue weighted by Gasteiger charge is 2.23. The number of fused-ring (bicyclic) bond motifs is 1. The van der Waals surface area contributed by atoms with Crippen LogP contribution in [0.5, 0.6) is 11.5 Å². The summed E-state index contributed by atoms with van der Waals surface area (Å²) >= 11 is 0. The lowest BCUT2D eigenvalue weighted by atomic mass is 10.1. The molecule has 0 saturated heterocycles. The zero-order chi connectivity index (χ0) is 25.9. The van der Waals surface area contributed by atoms with E-state index < -0.39 is 21.8 Å². The van der Waals surface area contributed by atoms with E-state index in [4.69, 9.17) is 14.0 Å². The summed E-state index contributed by atoms with van der Waals surface area (Å²) in [6.07, 6.45) is 3.21. The lowest BCUT2D eigenvalue weighted by molar-refractivity contribution is -0.119. The highest BCUT2D eigenvalue weighted by Crippen LogP contribution is 2.33. The van der Waals surface area contributed by atoms with Gasteiger partial charge in [0.15, 0.2) is 17.2 Å². The number of amides is 1. The molecule has 2 heterocycles. The average molecular weight is 516 g/mol. The molecule has 36 heavy (non-hydrogen) atoms. The van der Waals surface area contributed by atoms with E-state index in [1.807, 2.05) is 0 Å². The maximum atomic E-state index is 13.0. The van der Waals surface area contributed by atoms with Crippen molar-refractivity contribution in [1.82, 2.24) is 20.3 Å². The predicted molar refractivity (Wildman–Crippen MR) is 128 cm³/mol. The minimum Gasteiger partial charge on any atom is -0.496 e. The van der Waals surface area contributed by atoms with E-state index in [1.54, 1.807) is 35.1 Å². The molecule has 4 aromatic rings. The van der Waals surface area contributed by atoms with E-state index in [9.17, 15) is 17.6 Å². The summed E-state index contributed by atoms with van der Waals surface area (Å²) in [5.41, 5.74) is 1.65. The van der Waals surface area contributed by atoms with E-state index in [1.165, 1.54) is 32.5 Å². The molecule has 0 fully saturated rings. The molecule has 2 aromatic carbocycles. The minimum atomic E-state index is -4.02. The van der Waals surface area contributed by atoms with Gasteiger partial charge in [-0.3, -0.25) is 14.2 Å². The van der Waals surface area contributed by atoms with Gasteiger partial charge in [-0.15, -0.1) is 0 Å². The number of rotatable bonds is 10. The molecular formula is C23H22FN5O6S. The van der Waals surface area contributed by atoms with Crippen molar-refractivity contribution < 1.29 is 31.6 Å². The molecule has 0 spiro atoms. The molecule has 0 unspecified atom stereocenters. The Morgan fingerprint density at radius 1 is 1.19 bits per heavy atom. The second kappa shape index (κ2) is 10.1. The maximum Gasteiger partial charge on any atom is 0.279 e. The van der Waals surface area contributed by atoms with Crippen LogP contribution >= 0.6 is 0 Å². The Bertz CT molecular complexity index is 1550. The van der Waals surface area contributed by atoms with Crippen molar-refractivity contribution in [1.29, 1.82) is 0 Å². The van der Waals surface area contributed by atoms with Gasteiger partial charge in [-0.25, -0.2) is 12.8 Å². The lowest BCUT2D eigenvalue weighted by Gasteiger charge is -2.11. The number of nitrogens with zero attached hydrogens (tertiary/aromatic N) is 3. The minimum absolute atomic E-state index is 0.00711. The molecule has 2 N–H and O–H groups in total. The quantitative estimate of drug-likeness (QED) is 0.308.